The number of hydrogen-bond donors (Lipinski definition) is 1. The van der Waals surface area contributed by atoms with Crippen LogP contribution in [0.25, 0.3) is 10.9 Å². The standard InChI is InChI=1S/C13H17N3O3/c1-5-14-12-8-6-10(17-2)11(18-3)7-9(8)15-13(16-12)19-4/h6-7H,5H2,1-4H3,(H,14,15,16). The maximum absolute atomic E-state index is 5.29. The Morgan fingerprint density at radius 3 is 2.26 bits per heavy atom. The Hall–Kier alpha value is -2.24. The molecule has 2 aromatic rings. The minimum absolute atomic E-state index is 0.315. The zero-order valence-corrected chi connectivity index (χ0v) is 11.5. The van der Waals surface area contributed by atoms with E-state index in [1.54, 1.807) is 20.3 Å². The minimum Gasteiger partial charge on any atom is -0.493 e. The van der Waals surface area contributed by atoms with E-state index in [4.69, 9.17) is 14.2 Å². The smallest absolute Gasteiger partial charge is 0.318 e. The highest BCUT2D eigenvalue weighted by atomic mass is 16.5. The third kappa shape index (κ3) is 2.47. The Morgan fingerprint density at radius 2 is 1.68 bits per heavy atom. The van der Waals surface area contributed by atoms with Gasteiger partial charge in [-0.2, -0.15) is 9.97 Å². The molecule has 0 spiro atoms. The van der Waals surface area contributed by atoms with E-state index >= 15 is 0 Å². The van der Waals surface area contributed by atoms with Crippen molar-refractivity contribution in [3.8, 4) is 17.5 Å². The van der Waals surface area contributed by atoms with Crippen LogP contribution in [0.15, 0.2) is 12.1 Å². The number of anilines is 1. The fourth-order valence-corrected chi connectivity index (χ4v) is 1.83. The molecule has 0 unspecified atom stereocenters. The van der Waals surface area contributed by atoms with Crippen molar-refractivity contribution in [2.75, 3.05) is 33.2 Å². The predicted molar refractivity (Wildman–Crippen MR) is 73.4 cm³/mol. The topological polar surface area (TPSA) is 65.5 Å². The number of aromatic nitrogens is 2. The second-order valence-corrected chi connectivity index (χ2v) is 3.81. The van der Waals surface area contributed by atoms with Gasteiger partial charge in [-0.15, -0.1) is 0 Å². The fraction of sp³-hybridized carbons (Fsp3) is 0.385. The Labute approximate surface area is 111 Å². The number of ether oxygens (including phenoxy) is 3. The molecule has 1 N–H and O–H groups in total. The number of hydrogen-bond acceptors (Lipinski definition) is 6. The Balaban J connectivity index is 2.70. The van der Waals surface area contributed by atoms with Crippen LogP contribution < -0.4 is 19.5 Å². The molecular weight excluding hydrogens is 246 g/mol. The summed E-state index contributed by atoms with van der Waals surface area (Å²) in [5.74, 6) is 1.98. The van der Waals surface area contributed by atoms with E-state index in [-0.39, 0.29) is 0 Å². The second-order valence-electron chi connectivity index (χ2n) is 3.81. The molecule has 1 heterocycles. The molecule has 0 aliphatic carbocycles. The van der Waals surface area contributed by atoms with E-state index in [2.05, 4.69) is 15.3 Å². The first-order chi connectivity index (χ1) is 9.23. The van der Waals surface area contributed by atoms with Crippen LogP contribution in [0, 0.1) is 0 Å². The lowest BCUT2D eigenvalue weighted by Crippen LogP contribution is -2.03. The molecule has 2 rings (SSSR count). The van der Waals surface area contributed by atoms with E-state index in [9.17, 15) is 0 Å². The van der Waals surface area contributed by atoms with Crippen molar-refractivity contribution in [3.05, 3.63) is 12.1 Å². The molecule has 6 nitrogen and oxygen atoms in total. The van der Waals surface area contributed by atoms with Crippen molar-refractivity contribution in [1.29, 1.82) is 0 Å². The van der Waals surface area contributed by atoms with Gasteiger partial charge in [-0.1, -0.05) is 0 Å². The van der Waals surface area contributed by atoms with E-state index < -0.39 is 0 Å². The van der Waals surface area contributed by atoms with Gasteiger partial charge in [0.2, 0.25) is 0 Å². The van der Waals surface area contributed by atoms with Gasteiger partial charge in [0.05, 0.1) is 26.8 Å². The number of nitrogens with zero attached hydrogens (tertiary/aromatic N) is 2. The molecule has 0 radical (unpaired) electrons. The predicted octanol–water partition coefficient (Wildman–Crippen LogP) is 2.09. The Kier molecular flexibility index (Phi) is 3.89. The van der Waals surface area contributed by atoms with E-state index in [0.29, 0.717) is 23.3 Å². The van der Waals surface area contributed by atoms with Crippen molar-refractivity contribution < 1.29 is 14.2 Å². The zero-order chi connectivity index (χ0) is 13.8. The van der Waals surface area contributed by atoms with Crippen LogP contribution in [0.4, 0.5) is 5.82 Å². The van der Waals surface area contributed by atoms with E-state index in [0.717, 1.165) is 17.4 Å². The lowest BCUT2D eigenvalue weighted by Gasteiger charge is -2.12. The summed E-state index contributed by atoms with van der Waals surface area (Å²) in [5, 5.41) is 4.05. The quantitative estimate of drug-likeness (QED) is 0.891. The maximum Gasteiger partial charge on any atom is 0.318 e. The molecule has 1 aromatic carbocycles. The number of methoxy groups -OCH3 is 3. The highest BCUT2D eigenvalue weighted by Gasteiger charge is 2.12. The molecule has 0 amide bonds. The van der Waals surface area contributed by atoms with Crippen LogP contribution in [0.1, 0.15) is 6.92 Å². The molecule has 0 saturated heterocycles. The number of fused-ring (bicyclic) bond motifs is 1. The molecule has 0 bridgehead atoms. The third-order valence-electron chi connectivity index (χ3n) is 2.71. The van der Waals surface area contributed by atoms with Gasteiger partial charge in [0.15, 0.2) is 11.5 Å². The average molecular weight is 263 g/mol. The molecule has 6 heteroatoms. The fourth-order valence-electron chi connectivity index (χ4n) is 1.83. The first-order valence-corrected chi connectivity index (χ1v) is 5.95. The lowest BCUT2D eigenvalue weighted by molar-refractivity contribution is 0.355. The van der Waals surface area contributed by atoms with Gasteiger partial charge in [0, 0.05) is 18.0 Å². The summed E-state index contributed by atoms with van der Waals surface area (Å²) in [7, 11) is 4.73. The molecular formula is C13H17N3O3. The molecule has 0 aliphatic heterocycles. The van der Waals surface area contributed by atoms with Gasteiger partial charge >= 0.3 is 6.01 Å². The summed E-state index contributed by atoms with van der Waals surface area (Å²) in [5.41, 5.74) is 0.737. The molecule has 19 heavy (non-hydrogen) atoms. The van der Waals surface area contributed by atoms with Crippen LogP contribution in [0.5, 0.6) is 17.5 Å². The average Bonchev–Trinajstić information content (AvgIpc) is 2.45. The van der Waals surface area contributed by atoms with E-state index in [1.165, 1.54) is 7.11 Å². The first kappa shape index (κ1) is 13.2. The van der Waals surface area contributed by atoms with Gasteiger partial charge in [-0.25, -0.2) is 0 Å². The van der Waals surface area contributed by atoms with Crippen molar-refractivity contribution in [2.24, 2.45) is 0 Å². The minimum atomic E-state index is 0.315. The molecule has 0 saturated carbocycles. The summed E-state index contributed by atoms with van der Waals surface area (Å²) < 4.78 is 15.7. The van der Waals surface area contributed by atoms with Crippen molar-refractivity contribution in [1.82, 2.24) is 9.97 Å². The summed E-state index contributed by atoms with van der Waals surface area (Å²) in [4.78, 5) is 8.61. The van der Waals surface area contributed by atoms with Crippen molar-refractivity contribution >= 4 is 16.7 Å². The van der Waals surface area contributed by atoms with Crippen molar-refractivity contribution in [2.45, 2.75) is 6.92 Å². The van der Waals surface area contributed by atoms with Crippen LogP contribution in [-0.4, -0.2) is 37.8 Å². The monoisotopic (exact) mass is 263 g/mol. The molecule has 0 atom stereocenters. The lowest BCUT2D eigenvalue weighted by atomic mass is 10.2. The van der Waals surface area contributed by atoms with E-state index in [1.807, 2.05) is 13.0 Å². The van der Waals surface area contributed by atoms with Gasteiger partial charge < -0.3 is 19.5 Å². The van der Waals surface area contributed by atoms with Gasteiger partial charge in [-0.3, -0.25) is 0 Å². The summed E-state index contributed by atoms with van der Waals surface area (Å²) >= 11 is 0. The largest absolute Gasteiger partial charge is 0.493 e. The van der Waals surface area contributed by atoms with Crippen LogP contribution in [0.3, 0.4) is 0 Å². The SMILES string of the molecule is CCNc1nc(OC)nc2cc(OC)c(OC)cc12. The first-order valence-electron chi connectivity index (χ1n) is 5.95. The molecule has 0 aliphatic rings. The Morgan fingerprint density at radius 1 is 1.00 bits per heavy atom. The molecule has 1 aromatic heterocycles. The molecule has 0 fully saturated rings. The summed E-state index contributed by atoms with van der Waals surface area (Å²) in [6, 6.07) is 3.97. The summed E-state index contributed by atoms with van der Waals surface area (Å²) in [6.45, 7) is 2.75. The summed E-state index contributed by atoms with van der Waals surface area (Å²) in [6.07, 6.45) is 0. The number of rotatable bonds is 5. The Bertz CT molecular complexity index is 587. The number of benzene rings is 1. The third-order valence-corrected chi connectivity index (χ3v) is 2.71. The van der Waals surface area contributed by atoms with Crippen LogP contribution in [0.2, 0.25) is 0 Å². The van der Waals surface area contributed by atoms with Crippen LogP contribution in [-0.2, 0) is 0 Å². The maximum atomic E-state index is 5.29. The second kappa shape index (κ2) is 5.60. The normalized spacial score (nSPS) is 10.3. The van der Waals surface area contributed by atoms with Gasteiger partial charge in [-0.05, 0) is 13.0 Å². The highest BCUT2D eigenvalue weighted by Crippen LogP contribution is 2.34. The van der Waals surface area contributed by atoms with Gasteiger partial charge in [0.1, 0.15) is 5.82 Å². The van der Waals surface area contributed by atoms with Gasteiger partial charge in [0.25, 0.3) is 0 Å². The van der Waals surface area contributed by atoms with Crippen molar-refractivity contribution in [3.63, 3.8) is 0 Å². The zero-order valence-electron chi connectivity index (χ0n) is 11.5. The number of nitrogens with one attached hydrogen (secondary N) is 1. The van der Waals surface area contributed by atoms with Crippen LogP contribution >= 0.6 is 0 Å². The molecule has 102 valence electrons. The highest BCUT2D eigenvalue weighted by molar-refractivity contribution is 5.92.